The lowest BCUT2D eigenvalue weighted by atomic mass is 10.3. The van der Waals surface area contributed by atoms with E-state index in [0.29, 0.717) is 18.0 Å². The Kier molecular flexibility index (Phi) is 6.04. The summed E-state index contributed by atoms with van der Waals surface area (Å²) < 4.78 is 7.53. The highest BCUT2D eigenvalue weighted by atomic mass is 32.2. The Bertz CT molecular complexity index is 670. The van der Waals surface area contributed by atoms with E-state index in [1.165, 1.54) is 11.8 Å². The minimum Gasteiger partial charge on any atom is -0.492 e. The summed E-state index contributed by atoms with van der Waals surface area (Å²) in [5.41, 5.74) is 0.682. The highest BCUT2D eigenvalue weighted by Gasteiger charge is 2.14. The third-order valence-electron chi connectivity index (χ3n) is 3.14. The van der Waals surface area contributed by atoms with Crippen molar-refractivity contribution >= 4 is 23.4 Å². The second kappa shape index (κ2) is 8.01. The molecule has 0 fully saturated rings. The van der Waals surface area contributed by atoms with Crippen LogP contribution in [0.4, 0.5) is 5.69 Å². The van der Waals surface area contributed by atoms with Gasteiger partial charge in [0.2, 0.25) is 5.91 Å². The molecule has 0 aliphatic carbocycles. The number of aromatic nitrogens is 3. The zero-order valence-electron chi connectivity index (χ0n) is 13.9. The fourth-order valence-corrected chi connectivity index (χ4v) is 3.12. The standard InChI is InChI=1S/C16H22N4O2S/c1-5-22-14-9-7-6-8-13(14)17-15(21)10-23-16-19-18-12(4)20(16)11(2)3/h6-9,11H,5,10H2,1-4H3,(H,17,21). The summed E-state index contributed by atoms with van der Waals surface area (Å²) in [6.45, 7) is 8.51. The number of carbonyl (C=O) groups is 1. The van der Waals surface area contributed by atoms with Crippen molar-refractivity contribution in [1.82, 2.24) is 14.8 Å². The molecule has 1 heterocycles. The molecule has 0 saturated heterocycles. The molecule has 0 radical (unpaired) electrons. The number of nitrogens with one attached hydrogen (secondary N) is 1. The monoisotopic (exact) mass is 334 g/mol. The lowest BCUT2D eigenvalue weighted by Gasteiger charge is -2.13. The van der Waals surface area contributed by atoms with Gasteiger partial charge in [0.25, 0.3) is 0 Å². The number of hydrogen-bond acceptors (Lipinski definition) is 5. The van der Waals surface area contributed by atoms with Gasteiger partial charge < -0.3 is 14.6 Å². The molecule has 1 N–H and O–H groups in total. The number of hydrogen-bond donors (Lipinski definition) is 1. The zero-order chi connectivity index (χ0) is 16.8. The molecule has 7 heteroatoms. The van der Waals surface area contributed by atoms with Gasteiger partial charge in [0.15, 0.2) is 5.16 Å². The summed E-state index contributed by atoms with van der Waals surface area (Å²) in [6, 6.07) is 7.67. The maximum atomic E-state index is 12.2. The van der Waals surface area contributed by atoms with Gasteiger partial charge in [-0.25, -0.2) is 0 Å². The molecule has 2 rings (SSSR count). The van der Waals surface area contributed by atoms with Crippen molar-refractivity contribution in [3.63, 3.8) is 0 Å². The van der Waals surface area contributed by atoms with Crippen molar-refractivity contribution in [3.8, 4) is 5.75 Å². The second-order valence-electron chi connectivity index (χ2n) is 5.26. The number of para-hydroxylation sites is 2. The Morgan fingerprint density at radius 2 is 2.09 bits per heavy atom. The quantitative estimate of drug-likeness (QED) is 0.787. The average molecular weight is 334 g/mol. The highest BCUT2D eigenvalue weighted by Crippen LogP contribution is 2.25. The average Bonchev–Trinajstić information content (AvgIpc) is 2.88. The SMILES string of the molecule is CCOc1ccccc1NC(=O)CSc1nnc(C)n1C(C)C. The van der Waals surface area contributed by atoms with Gasteiger partial charge in [0.05, 0.1) is 18.0 Å². The number of carbonyl (C=O) groups excluding carboxylic acids is 1. The van der Waals surface area contributed by atoms with Crippen molar-refractivity contribution in [1.29, 1.82) is 0 Å². The first-order valence-corrected chi connectivity index (χ1v) is 8.57. The highest BCUT2D eigenvalue weighted by molar-refractivity contribution is 7.99. The van der Waals surface area contributed by atoms with E-state index < -0.39 is 0 Å². The van der Waals surface area contributed by atoms with E-state index in [9.17, 15) is 4.79 Å². The molecule has 6 nitrogen and oxygen atoms in total. The van der Waals surface area contributed by atoms with Gasteiger partial charge >= 0.3 is 0 Å². The third kappa shape index (κ3) is 4.48. The van der Waals surface area contributed by atoms with Gasteiger partial charge in [0.1, 0.15) is 11.6 Å². The van der Waals surface area contributed by atoms with Crippen molar-refractivity contribution in [2.75, 3.05) is 17.7 Å². The van der Waals surface area contributed by atoms with Gasteiger partial charge in [-0.05, 0) is 39.8 Å². The fourth-order valence-electron chi connectivity index (χ4n) is 2.21. The van der Waals surface area contributed by atoms with Crippen LogP contribution in [-0.2, 0) is 4.79 Å². The Labute approximate surface area is 140 Å². The number of benzene rings is 1. The van der Waals surface area contributed by atoms with Gasteiger partial charge in [-0.1, -0.05) is 23.9 Å². The summed E-state index contributed by atoms with van der Waals surface area (Å²) >= 11 is 1.38. The van der Waals surface area contributed by atoms with Gasteiger partial charge in [-0.15, -0.1) is 10.2 Å². The number of amides is 1. The molecule has 0 spiro atoms. The number of anilines is 1. The van der Waals surface area contributed by atoms with E-state index in [-0.39, 0.29) is 17.7 Å². The first kappa shape index (κ1) is 17.3. The number of rotatable bonds is 7. The maximum absolute atomic E-state index is 12.2. The summed E-state index contributed by atoms with van der Waals surface area (Å²) in [5, 5.41) is 11.8. The van der Waals surface area contributed by atoms with Crippen LogP contribution in [0.2, 0.25) is 0 Å². The number of thioether (sulfide) groups is 1. The maximum Gasteiger partial charge on any atom is 0.234 e. The Balaban J connectivity index is 1.99. The summed E-state index contributed by atoms with van der Waals surface area (Å²) in [6.07, 6.45) is 0. The normalized spacial score (nSPS) is 10.8. The Morgan fingerprint density at radius 1 is 1.35 bits per heavy atom. The molecule has 0 atom stereocenters. The van der Waals surface area contributed by atoms with Crippen LogP contribution in [0.3, 0.4) is 0 Å². The van der Waals surface area contributed by atoms with Crippen LogP contribution >= 0.6 is 11.8 Å². The topological polar surface area (TPSA) is 69.0 Å². The molecule has 1 amide bonds. The molecule has 23 heavy (non-hydrogen) atoms. The molecule has 2 aromatic rings. The van der Waals surface area contributed by atoms with Crippen LogP contribution in [0.25, 0.3) is 0 Å². The lowest BCUT2D eigenvalue weighted by Crippen LogP contribution is -2.15. The van der Waals surface area contributed by atoms with E-state index in [1.54, 1.807) is 0 Å². The molecule has 124 valence electrons. The Hall–Kier alpha value is -2.02. The predicted octanol–water partition coefficient (Wildman–Crippen LogP) is 3.30. The molecule has 0 bridgehead atoms. The largest absolute Gasteiger partial charge is 0.492 e. The molecule has 0 unspecified atom stereocenters. The van der Waals surface area contributed by atoms with Crippen LogP contribution in [0, 0.1) is 6.92 Å². The lowest BCUT2D eigenvalue weighted by molar-refractivity contribution is -0.113. The summed E-state index contributed by atoms with van der Waals surface area (Å²) in [4.78, 5) is 12.2. The zero-order valence-corrected chi connectivity index (χ0v) is 14.7. The number of ether oxygens (including phenoxy) is 1. The second-order valence-corrected chi connectivity index (χ2v) is 6.20. The van der Waals surface area contributed by atoms with Gasteiger partial charge in [0, 0.05) is 6.04 Å². The van der Waals surface area contributed by atoms with Gasteiger partial charge in [-0.3, -0.25) is 4.79 Å². The summed E-state index contributed by atoms with van der Waals surface area (Å²) in [5.74, 6) is 1.70. The Morgan fingerprint density at radius 3 is 2.78 bits per heavy atom. The number of aryl methyl sites for hydroxylation is 1. The van der Waals surface area contributed by atoms with E-state index in [1.807, 2.05) is 42.7 Å². The van der Waals surface area contributed by atoms with Crippen molar-refractivity contribution < 1.29 is 9.53 Å². The molecule has 1 aromatic carbocycles. The molecule has 0 aliphatic heterocycles. The first-order valence-electron chi connectivity index (χ1n) is 7.59. The minimum atomic E-state index is -0.0990. The molecule has 1 aromatic heterocycles. The predicted molar refractivity (Wildman–Crippen MR) is 92.1 cm³/mol. The van der Waals surface area contributed by atoms with E-state index in [4.69, 9.17) is 4.74 Å². The van der Waals surface area contributed by atoms with Crippen LogP contribution < -0.4 is 10.1 Å². The van der Waals surface area contributed by atoms with Crippen molar-refractivity contribution in [2.24, 2.45) is 0 Å². The molecule has 0 saturated carbocycles. The van der Waals surface area contributed by atoms with Crippen LogP contribution in [-0.4, -0.2) is 33.0 Å². The molecule has 0 aliphatic rings. The van der Waals surface area contributed by atoms with Crippen LogP contribution in [0.1, 0.15) is 32.6 Å². The molecular weight excluding hydrogens is 312 g/mol. The smallest absolute Gasteiger partial charge is 0.234 e. The van der Waals surface area contributed by atoms with E-state index in [2.05, 4.69) is 29.4 Å². The van der Waals surface area contributed by atoms with Crippen molar-refractivity contribution in [3.05, 3.63) is 30.1 Å². The fraction of sp³-hybridized carbons (Fsp3) is 0.438. The van der Waals surface area contributed by atoms with Gasteiger partial charge in [-0.2, -0.15) is 0 Å². The van der Waals surface area contributed by atoms with Crippen LogP contribution in [0.15, 0.2) is 29.4 Å². The summed E-state index contributed by atoms with van der Waals surface area (Å²) in [7, 11) is 0. The van der Waals surface area contributed by atoms with E-state index >= 15 is 0 Å². The first-order chi connectivity index (χ1) is 11.0. The number of nitrogens with zero attached hydrogens (tertiary/aromatic N) is 3. The van der Waals surface area contributed by atoms with Crippen molar-refractivity contribution in [2.45, 2.75) is 38.9 Å². The third-order valence-corrected chi connectivity index (χ3v) is 4.09. The van der Waals surface area contributed by atoms with E-state index in [0.717, 1.165) is 11.0 Å². The minimum absolute atomic E-state index is 0.0990. The van der Waals surface area contributed by atoms with Crippen LogP contribution in [0.5, 0.6) is 5.75 Å². The molecular formula is C16H22N4O2S.